The molecule has 1 aromatic rings. The van der Waals surface area contributed by atoms with Gasteiger partial charge in [-0.1, -0.05) is 15.9 Å². The van der Waals surface area contributed by atoms with Gasteiger partial charge in [0.2, 0.25) is 0 Å². The van der Waals surface area contributed by atoms with Crippen LogP contribution in [0.1, 0.15) is 36.4 Å². The van der Waals surface area contributed by atoms with Crippen LogP contribution in [0.5, 0.6) is 0 Å². The van der Waals surface area contributed by atoms with E-state index in [1.165, 1.54) is 12.8 Å². The molecule has 1 N–H and O–H groups in total. The molecule has 2 aliphatic carbocycles. The minimum atomic E-state index is -0.0555. The Kier molecular flexibility index (Phi) is 2.76. The average Bonchev–Trinajstić information content (AvgIpc) is 2.97. The first-order chi connectivity index (χ1) is 7.74. The van der Waals surface area contributed by atoms with Crippen LogP contribution < -0.4 is 5.32 Å². The highest BCUT2D eigenvalue weighted by atomic mass is 79.9. The molecule has 0 saturated heterocycles. The van der Waals surface area contributed by atoms with Crippen LogP contribution in [0.2, 0.25) is 0 Å². The summed E-state index contributed by atoms with van der Waals surface area (Å²) in [6.45, 7) is 1.10. The Morgan fingerprint density at radius 1 is 1.31 bits per heavy atom. The van der Waals surface area contributed by atoms with E-state index in [-0.39, 0.29) is 5.82 Å². The van der Waals surface area contributed by atoms with E-state index in [0.717, 1.165) is 40.9 Å². The molecule has 1 saturated carbocycles. The van der Waals surface area contributed by atoms with Gasteiger partial charge in [-0.2, -0.15) is 0 Å². The van der Waals surface area contributed by atoms with Crippen LogP contribution in [-0.2, 0) is 6.42 Å². The molecule has 1 atom stereocenters. The summed E-state index contributed by atoms with van der Waals surface area (Å²) in [5, 5.41) is 3.57. The van der Waals surface area contributed by atoms with Crippen LogP contribution >= 0.6 is 15.9 Å². The summed E-state index contributed by atoms with van der Waals surface area (Å²) in [5.41, 5.74) is 2.07. The Labute approximate surface area is 104 Å². The standard InChI is InChI=1S/C13H15BrFN/c14-9-5-11-10(12(15)6-9)3-4-13(11)16-7-8-1-2-8/h5-6,8,13,16H,1-4,7H2. The molecule has 1 fully saturated rings. The predicted molar refractivity (Wildman–Crippen MR) is 65.9 cm³/mol. The first kappa shape index (κ1) is 10.7. The van der Waals surface area contributed by atoms with E-state index in [4.69, 9.17) is 0 Å². The Hall–Kier alpha value is -0.410. The van der Waals surface area contributed by atoms with Crippen LogP contribution in [-0.4, -0.2) is 6.54 Å². The second-order valence-electron chi connectivity index (χ2n) is 4.90. The van der Waals surface area contributed by atoms with Crippen LogP contribution in [0, 0.1) is 11.7 Å². The fourth-order valence-corrected chi connectivity index (χ4v) is 2.93. The summed E-state index contributed by atoms with van der Waals surface area (Å²) >= 11 is 3.37. The molecule has 2 aliphatic rings. The minimum Gasteiger partial charge on any atom is -0.310 e. The molecule has 3 heteroatoms. The molecular weight excluding hydrogens is 269 g/mol. The Balaban J connectivity index is 1.80. The highest BCUT2D eigenvalue weighted by Crippen LogP contribution is 2.36. The third kappa shape index (κ3) is 2.03. The van der Waals surface area contributed by atoms with E-state index < -0.39 is 0 Å². The minimum absolute atomic E-state index is 0.0555. The topological polar surface area (TPSA) is 12.0 Å². The number of hydrogen-bond donors (Lipinski definition) is 1. The number of hydrogen-bond acceptors (Lipinski definition) is 1. The van der Waals surface area contributed by atoms with Crippen LogP contribution in [0.3, 0.4) is 0 Å². The van der Waals surface area contributed by atoms with E-state index in [0.29, 0.717) is 6.04 Å². The second kappa shape index (κ2) is 4.11. The van der Waals surface area contributed by atoms with Gasteiger partial charge in [-0.05, 0) is 61.4 Å². The van der Waals surface area contributed by atoms with Crippen LogP contribution in [0.25, 0.3) is 0 Å². The van der Waals surface area contributed by atoms with Crippen LogP contribution in [0.4, 0.5) is 4.39 Å². The molecule has 86 valence electrons. The van der Waals surface area contributed by atoms with Crippen molar-refractivity contribution < 1.29 is 4.39 Å². The van der Waals surface area contributed by atoms with Crippen molar-refractivity contribution in [2.24, 2.45) is 5.92 Å². The summed E-state index contributed by atoms with van der Waals surface area (Å²) < 4.78 is 14.5. The fourth-order valence-electron chi connectivity index (χ4n) is 2.49. The quantitative estimate of drug-likeness (QED) is 0.894. The van der Waals surface area contributed by atoms with Crippen molar-refractivity contribution in [3.8, 4) is 0 Å². The maximum Gasteiger partial charge on any atom is 0.127 e. The van der Waals surface area contributed by atoms with Gasteiger partial charge in [-0.15, -0.1) is 0 Å². The lowest BCUT2D eigenvalue weighted by molar-refractivity contribution is 0.512. The fraction of sp³-hybridized carbons (Fsp3) is 0.538. The lowest BCUT2D eigenvalue weighted by Gasteiger charge is -2.14. The van der Waals surface area contributed by atoms with Gasteiger partial charge in [0.05, 0.1) is 0 Å². The number of rotatable bonds is 3. The Morgan fingerprint density at radius 2 is 2.12 bits per heavy atom. The molecule has 0 aliphatic heterocycles. The van der Waals surface area contributed by atoms with Crippen molar-refractivity contribution >= 4 is 15.9 Å². The van der Waals surface area contributed by atoms with Gasteiger partial charge in [0.25, 0.3) is 0 Å². The first-order valence-corrected chi connectivity index (χ1v) is 6.74. The summed E-state index contributed by atoms with van der Waals surface area (Å²) in [5.74, 6) is 0.821. The van der Waals surface area contributed by atoms with Crippen LogP contribution in [0.15, 0.2) is 16.6 Å². The van der Waals surface area contributed by atoms with E-state index in [2.05, 4.69) is 27.3 Å². The van der Waals surface area contributed by atoms with Crippen molar-refractivity contribution in [1.29, 1.82) is 0 Å². The Morgan fingerprint density at radius 3 is 2.88 bits per heavy atom. The molecule has 0 heterocycles. The second-order valence-corrected chi connectivity index (χ2v) is 5.81. The number of benzene rings is 1. The molecule has 0 spiro atoms. The van der Waals surface area contributed by atoms with E-state index >= 15 is 0 Å². The largest absolute Gasteiger partial charge is 0.310 e. The zero-order valence-corrected chi connectivity index (χ0v) is 10.7. The van der Waals surface area contributed by atoms with Gasteiger partial charge in [-0.3, -0.25) is 0 Å². The number of nitrogens with one attached hydrogen (secondary N) is 1. The zero-order valence-electron chi connectivity index (χ0n) is 9.10. The van der Waals surface area contributed by atoms with E-state index in [1.54, 1.807) is 6.07 Å². The smallest absolute Gasteiger partial charge is 0.127 e. The zero-order chi connectivity index (χ0) is 11.1. The molecule has 1 unspecified atom stereocenters. The normalized spacial score (nSPS) is 23.5. The number of halogens is 2. The monoisotopic (exact) mass is 283 g/mol. The van der Waals surface area contributed by atoms with Crippen molar-refractivity contribution in [2.75, 3.05) is 6.54 Å². The van der Waals surface area contributed by atoms with Gasteiger partial charge in [0.1, 0.15) is 5.82 Å². The van der Waals surface area contributed by atoms with Crippen molar-refractivity contribution in [3.05, 3.63) is 33.5 Å². The van der Waals surface area contributed by atoms with Gasteiger partial charge >= 0.3 is 0 Å². The molecule has 16 heavy (non-hydrogen) atoms. The molecule has 0 amide bonds. The van der Waals surface area contributed by atoms with Crippen molar-refractivity contribution in [2.45, 2.75) is 31.7 Å². The molecule has 1 nitrogen and oxygen atoms in total. The molecule has 1 aromatic carbocycles. The van der Waals surface area contributed by atoms with E-state index in [1.807, 2.05) is 0 Å². The molecule has 0 radical (unpaired) electrons. The lowest BCUT2D eigenvalue weighted by atomic mass is 10.1. The van der Waals surface area contributed by atoms with Gasteiger partial charge in [0.15, 0.2) is 0 Å². The Bertz CT molecular complexity index is 415. The van der Waals surface area contributed by atoms with Gasteiger partial charge < -0.3 is 5.32 Å². The predicted octanol–water partition coefficient (Wildman–Crippen LogP) is 3.58. The highest BCUT2D eigenvalue weighted by Gasteiger charge is 2.28. The summed E-state index contributed by atoms with van der Waals surface area (Å²) in [6.07, 6.45) is 4.63. The van der Waals surface area contributed by atoms with Gasteiger partial charge in [-0.25, -0.2) is 4.39 Å². The van der Waals surface area contributed by atoms with Gasteiger partial charge in [0, 0.05) is 10.5 Å². The molecule has 3 rings (SSSR count). The maximum atomic E-state index is 13.7. The molecular formula is C13H15BrFN. The lowest BCUT2D eigenvalue weighted by Crippen LogP contribution is -2.21. The number of fused-ring (bicyclic) bond motifs is 1. The highest BCUT2D eigenvalue weighted by molar-refractivity contribution is 9.10. The third-order valence-corrected chi connectivity index (χ3v) is 4.06. The summed E-state index contributed by atoms with van der Waals surface area (Å²) in [6, 6.07) is 4.00. The molecule has 0 bridgehead atoms. The summed E-state index contributed by atoms with van der Waals surface area (Å²) in [4.78, 5) is 0. The van der Waals surface area contributed by atoms with E-state index in [9.17, 15) is 4.39 Å². The van der Waals surface area contributed by atoms with Crippen molar-refractivity contribution in [3.63, 3.8) is 0 Å². The summed E-state index contributed by atoms with van der Waals surface area (Å²) in [7, 11) is 0. The molecule has 0 aromatic heterocycles. The van der Waals surface area contributed by atoms with Crippen molar-refractivity contribution in [1.82, 2.24) is 5.32 Å². The average molecular weight is 284 g/mol. The SMILES string of the molecule is Fc1cc(Br)cc2c1CCC2NCC1CC1. The third-order valence-electron chi connectivity index (χ3n) is 3.60. The first-order valence-electron chi connectivity index (χ1n) is 5.95. The maximum absolute atomic E-state index is 13.7.